The zero-order chi connectivity index (χ0) is 11.4. The molecule has 5 heteroatoms. The molecule has 0 aliphatic rings. The summed E-state index contributed by atoms with van der Waals surface area (Å²) in [6.07, 6.45) is 1.53. The average Bonchev–Trinajstić information content (AvgIpc) is 2.60. The van der Waals surface area contributed by atoms with Gasteiger partial charge in [-0.05, 0) is 13.0 Å². The molecule has 5 nitrogen and oxygen atoms in total. The van der Waals surface area contributed by atoms with Crippen LogP contribution >= 0.6 is 0 Å². The molecule has 82 valence electrons. The van der Waals surface area contributed by atoms with Gasteiger partial charge in [0.05, 0.1) is 19.3 Å². The van der Waals surface area contributed by atoms with E-state index in [1.807, 2.05) is 0 Å². The number of aryl methyl sites for hydroxylation is 1. The predicted octanol–water partition coefficient (Wildman–Crippen LogP) is 0.988. The molecular weight excluding hydrogens is 198 g/mol. The van der Waals surface area contributed by atoms with Gasteiger partial charge in [0.2, 0.25) is 0 Å². The Kier molecular flexibility index (Phi) is 3.49. The lowest BCUT2D eigenvalue weighted by molar-refractivity contribution is 0.0526. The largest absolute Gasteiger partial charge is 0.464 e. The highest BCUT2D eigenvalue weighted by Gasteiger charge is 2.16. The fraction of sp³-hybridized carbons (Fsp3) is 0.400. The minimum absolute atomic E-state index is 0.307. The number of carbonyl (C=O) groups is 2. The second-order valence-electron chi connectivity index (χ2n) is 2.94. The Hall–Kier alpha value is -1.78. The lowest BCUT2D eigenvalue weighted by atomic mass is 10.3. The zero-order valence-electron chi connectivity index (χ0n) is 8.94. The minimum Gasteiger partial charge on any atom is -0.464 e. The molecule has 0 atom stereocenters. The number of rotatable bonds is 3. The van der Waals surface area contributed by atoms with Crippen molar-refractivity contribution in [3.63, 3.8) is 0 Å². The summed E-state index contributed by atoms with van der Waals surface area (Å²) >= 11 is 0. The Labute approximate surface area is 87.6 Å². The van der Waals surface area contributed by atoms with Gasteiger partial charge < -0.3 is 14.0 Å². The van der Waals surface area contributed by atoms with E-state index in [1.54, 1.807) is 14.0 Å². The summed E-state index contributed by atoms with van der Waals surface area (Å²) in [4.78, 5) is 22.6. The Bertz CT molecular complexity index is 381. The van der Waals surface area contributed by atoms with Crippen molar-refractivity contribution in [2.45, 2.75) is 6.92 Å². The smallest absolute Gasteiger partial charge is 0.354 e. The number of methoxy groups -OCH3 is 1. The first-order chi connectivity index (χ1) is 7.10. The molecule has 0 N–H and O–H groups in total. The van der Waals surface area contributed by atoms with Crippen LogP contribution in [-0.4, -0.2) is 30.2 Å². The molecule has 1 rings (SSSR count). The summed E-state index contributed by atoms with van der Waals surface area (Å²) in [5.41, 5.74) is 0.667. The van der Waals surface area contributed by atoms with Gasteiger partial charge in [-0.2, -0.15) is 0 Å². The Balaban J connectivity index is 2.95. The molecule has 0 bridgehead atoms. The van der Waals surface area contributed by atoms with Gasteiger partial charge in [0.15, 0.2) is 0 Å². The molecule has 0 aliphatic carbocycles. The lowest BCUT2D eigenvalue weighted by Gasteiger charge is -1.98. The normalized spacial score (nSPS) is 9.80. The Morgan fingerprint density at radius 1 is 1.40 bits per heavy atom. The zero-order valence-corrected chi connectivity index (χ0v) is 8.94. The van der Waals surface area contributed by atoms with Gasteiger partial charge in [-0.1, -0.05) is 0 Å². The lowest BCUT2D eigenvalue weighted by Crippen LogP contribution is -2.06. The second-order valence-corrected chi connectivity index (χ2v) is 2.94. The van der Waals surface area contributed by atoms with Crippen molar-refractivity contribution in [2.24, 2.45) is 7.05 Å². The van der Waals surface area contributed by atoms with E-state index in [-0.39, 0.29) is 0 Å². The van der Waals surface area contributed by atoms with Crippen LogP contribution in [0.25, 0.3) is 0 Å². The van der Waals surface area contributed by atoms with Crippen LogP contribution in [0.15, 0.2) is 12.3 Å². The van der Waals surface area contributed by atoms with Crippen LogP contribution in [0.2, 0.25) is 0 Å². The van der Waals surface area contributed by atoms with Crippen molar-refractivity contribution >= 4 is 11.9 Å². The molecule has 0 saturated heterocycles. The van der Waals surface area contributed by atoms with Crippen molar-refractivity contribution < 1.29 is 19.1 Å². The average molecular weight is 211 g/mol. The highest BCUT2D eigenvalue weighted by atomic mass is 16.5. The maximum Gasteiger partial charge on any atom is 0.354 e. The van der Waals surface area contributed by atoms with Gasteiger partial charge in [-0.15, -0.1) is 0 Å². The van der Waals surface area contributed by atoms with E-state index in [0.29, 0.717) is 17.9 Å². The summed E-state index contributed by atoms with van der Waals surface area (Å²) in [6.45, 7) is 2.03. The maximum atomic E-state index is 11.3. The fourth-order valence-corrected chi connectivity index (χ4v) is 1.20. The number of nitrogens with zero attached hydrogens (tertiary/aromatic N) is 1. The Morgan fingerprint density at radius 2 is 2.07 bits per heavy atom. The SMILES string of the molecule is CCOC(=O)c1cc(C(=O)OC)n(C)c1. The summed E-state index contributed by atoms with van der Waals surface area (Å²) < 4.78 is 10.9. The molecule has 0 spiro atoms. The third kappa shape index (κ3) is 2.37. The molecule has 1 heterocycles. The molecule has 0 unspecified atom stereocenters. The van der Waals surface area contributed by atoms with Gasteiger partial charge in [0.1, 0.15) is 5.69 Å². The quantitative estimate of drug-likeness (QED) is 0.699. The van der Waals surface area contributed by atoms with E-state index in [0.717, 1.165) is 0 Å². The first kappa shape index (κ1) is 11.3. The highest BCUT2D eigenvalue weighted by Crippen LogP contribution is 2.09. The van der Waals surface area contributed by atoms with Gasteiger partial charge in [0, 0.05) is 13.2 Å². The van der Waals surface area contributed by atoms with Gasteiger partial charge in [-0.3, -0.25) is 0 Å². The van der Waals surface area contributed by atoms with Crippen molar-refractivity contribution in [3.05, 3.63) is 23.5 Å². The maximum absolute atomic E-state index is 11.3. The Morgan fingerprint density at radius 3 is 2.60 bits per heavy atom. The summed E-state index contributed by atoms with van der Waals surface area (Å²) in [6, 6.07) is 1.45. The first-order valence-electron chi connectivity index (χ1n) is 4.52. The van der Waals surface area contributed by atoms with Crippen LogP contribution in [0.3, 0.4) is 0 Å². The monoisotopic (exact) mass is 211 g/mol. The molecule has 1 aromatic heterocycles. The van der Waals surface area contributed by atoms with Gasteiger partial charge >= 0.3 is 11.9 Å². The summed E-state index contributed by atoms with van der Waals surface area (Å²) in [5.74, 6) is -0.920. The van der Waals surface area contributed by atoms with E-state index in [9.17, 15) is 9.59 Å². The van der Waals surface area contributed by atoms with Crippen LogP contribution in [0.1, 0.15) is 27.8 Å². The fourth-order valence-electron chi connectivity index (χ4n) is 1.20. The number of esters is 2. The van der Waals surface area contributed by atoms with E-state index in [2.05, 4.69) is 4.74 Å². The number of hydrogen-bond acceptors (Lipinski definition) is 4. The van der Waals surface area contributed by atoms with Crippen LogP contribution in [0.4, 0.5) is 0 Å². The van der Waals surface area contributed by atoms with Crippen molar-refractivity contribution in [2.75, 3.05) is 13.7 Å². The third-order valence-corrected chi connectivity index (χ3v) is 1.91. The van der Waals surface area contributed by atoms with Crippen molar-refractivity contribution in [1.82, 2.24) is 4.57 Å². The van der Waals surface area contributed by atoms with E-state index in [1.165, 1.54) is 23.9 Å². The number of aromatic nitrogens is 1. The van der Waals surface area contributed by atoms with Crippen LogP contribution in [0.5, 0.6) is 0 Å². The predicted molar refractivity (Wildman–Crippen MR) is 52.7 cm³/mol. The third-order valence-electron chi connectivity index (χ3n) is 1.91. The molecule has 0 amide bonds. The van der Waals surface area contributed by atoms with Crippen molar-refractivity contribution in [1.29, 1.82) is 0 Å². The molecule has 0 fully saturated rings. The topological polar surface area (TPSA) is 57.5 Å². The molecule has 0 aromatic carbocycles. The minimum atomic E-state index is -0.479. The number of carbonyl (C=O) groups excluding carboxylic acids is 2. The van der Waals surface area contributed by atoms with E-state index < -0.39 is 11.9 Å². The highest BCUT2D eigenvalue weighted by molar-refractivity contribution is 5.94. The van der Waals surface area contributed by atoms with E-state index >= 15 is 0 Å². The van der Waals surface area contributed by atoms with Crippen LogP contribution < -0.4 is 0 Å². The molecule has 0 saturated carbocycles. The first-order valence-corrected chi connectivity index (χ1v) is 4.52. The van der Waals surface area contributed by atoms with Crippen molar-refractivity contribution in [3.8, 4) is 0 Å². The summed E-state index contributed by atoms with van der Waals surface area (Å²) in [7, 11) is 2.95. The van der Waals surface area contributed by atoms with Crippen LogP contribution in [0, 0.1) is 0 Å². The second kappa shape index (κ2) is 4.63. The number of ether oxygens (including phenoxy) is 2. The number of hydrogen-bond donors (Lipinski definition) is 0. The standard InChI is InChI=1S/C10H13NO4/c1-4-15-9(12)7-5-8(10(13)14-3)11(2)6-7/h5-6H,4H2,1-3H3. The van der Waals surface area contributed by atoms with Gasteiger partial charge in [-0.25, -0.2) is 9.59 Å². The van der Waals surface area contributed by atoms with E-state index in [4.69, 9.17) is 4.74 Å². The molecule has 1 aromatic rings. The molecule has 15 heavy (non-hydrogen) atoms. The molecular formula is C10H13NO4. The molecule has 0 radical (unpaired) electrons. The van der Waals surface area contributed by atoms with Gasteiger partial charge in [0.25, 0.3) is 0 Å². The summed E-state index contributed by atoms with van der Waals surface area (Å²) in [5, 5.41) is 0. The molecule has 0 aliphatic heterocycles. The van der Waals surface area contributed by atoms with Crippen LogP contribution in [-0.2, 0) is 16.5 Å².